The molecule has 1 heterocycles. The molecular formula is C14H23N3O2. The van der Waals surface area contributed by atoms with Crippen LogP contribution in [0, 0.1) is 0 Å². The zero-order valence-corrected chi connectivity index (χ0v) is 11.9. The van der Waals surface area contributed by atoms with E-state index in [1.165, 1.54) is 0 Å². The lowest BCUT2D eigenvalue weighted by Crippen LogP contribution is -2.38. The Morgan fingerprint density at radius 3 is 2.68 bits per heavy atom. The van der Waals surface area contributed by atoms with Crippen molar-refractivity contribution < 1.29 is 9.90 Å². The number of rotatable bonds is 7. The lowest BCUT2D eigenvalue weighted by Gasteiger charge is -2.26. The third-order valence-electron chi connectivity index (χ3n) is 2.81. The third kappa shape index (κ3) is 4.52. The normalized spacial score (nSPS) is 10.6. The topological polar surface area (TPSA) is 65.5 Å². The number of hydrogen-bond donors (Lipinski definition) is 2. The number of nitrogens with zero attached hydrogens (tertiary/aromatic N) is 2. The molecule has 0 bridgehead atoms. The smallest absolute Gasteiger partial charge is 0.255 e. The van der Waals surface area contributed by atoms with Crippen LogP contribution in [0.1, 0.15) is 37.6 Å². The van der Waals surface area contributed by atoms with E-state index in [0.29, 0.717) is 18.5 Å². The molecule has 5 heteroatoms. The zero-order valence-electron chi connectivity index (χ0n) is 11.9. The van der Waals surface area contributed by atoms with Crippen LogP contribution < -0.4 is 5.32 Å². The molecule has 2 N–H and O–H groups in total. The molecule has 1 aromatic heterocycles. The van der Waals surface area contributed by atoms with Crippen LogP contribution in [0.5, 0.6) is 0 Å². The Kier molecular flexibility index (Phi) is 6.29. The van der Waals surface area contributed by atoms with Crippen molar-refractivity contribution in [3.05, 3.63) is 23.9 Å². The predicted octanol–water partition coefficient (Wildman–Crippen LogP) is 1.75. The molecule has 0 aliphatic heterocycles. The van der Waals surface area contributed by atoms with Crippen molar-refractivity contribution in [1.29, 1.82) is 0 Å². The van der Waals surface area contributed by atoms with E-state index in [2.05, 4.69) is 10.3 Å². The Labute approximate surface area is 114 Å². The molecule has 0 fully saturated rings. The third-order valence-corrected chi connectivity index (χ3v) is 2.81. The van der Waals surface area contributed by atoms with Gasteiger partial charge >= 0.3 is 0 Å². The molecule has 19 heavy (non-hydrogen) atoms. The molecule has 0 saturated carbocycles. The van der Waals surface area contributed by atoms with Gasteiger partial charge in [0.05, 0.1) is 5.56 Å². The Morgan fingerprint density at radius 1 is 1.47 bits per heavy atom. The first-order chi connectivity index (χ1) is 9.10. The number of amides is 1. The fourth-order valence-corrected chi connectivity index (χ4v) is 1.81. The molecule has 0 atom stereocenters. The van der Waals surface area contributed by atoms with E-state index in [1.54, 1.807) is 23.2 Å². The summed E-state index contributed by atoms with van der Waals surface area (Å²) in [6.45, 7) is 7.38. The van der Waals surface area contributed by atoms with Gasteiger partial charge in [0, 0.05) is 31.9 Å². The van der Waals surface area contributed by atoms with Gasteiger partial charge in [0.2, 0.25) is 0 Å². The van der Waals surface area contributed by atoms with Gasteiger partial charge in [-0.05, 0) is 39.3 Å². The summed E-state index contributed by atoms with van der Waals surface area (Å²) in [4.78, 5) is 18.3. The Morgan fingerprint density at radius 2 is 2.21 bits per heavy atom. The number of carbonyl (C=O) groups is 1. The van der Waals surface area contributed by atoms with Crippen molar-refractivity contribution in [3.63, 3.8) is 0 Å². The highest BCUT2D eigenvalue weighted by Crippen LogP contribution is 2.11. The number of hydrogen-bond acceptors (Lipinski definition) is 4. The highest BCUT2D eigenvalue weighted by molar-refractivity contribution is 5.94. The zero-order chi connectivity index (χ0) is 14.3. The predicted molar refractivity (Wildman–Crippen MR) is 76.3 cm³/mol. The van der Waals surface area contributed by atoms with Gasteiger partial charge in [0.1, 0.15) is 5.82 Å². The summed E-state index contributed by atoms with van der Waals surface area (Å²) in [7, 11) is 0. The first-order valence-corrected chi connectivity index (χ1v) is 6.71. The Bertz CT molecular complexity index is 390. The molecule has 5 nitrogen and oxygen atoms in total. The average Bonchev–Trinajstić information content (AvgIpc) is 2.40. The minimum atomic E-state index is -0.0426. The van der Waals surface area contributed by atoms with Gasteiger partial charge in [-0.1, -0.05) is 0 Å². The fraction of sp³-hybridized carbons (Fsp3) is 0.571. The first-order valence-electron chi connectivity index (χ1n) is 6.71. The summed E-state index contributed by atoms with van der Waals surface area (Å²) >= 11 is 0. The summed E-state index contributed by atoms with van der Waals surface area (Å²) in [5, 5.41) is 12.0. The summed E-state index contributed by atoms with van der Waals surface area (Å²) in [5.74, 6) is 0.726. The molecule has 0 unspecified atom stereocenters. The van der Waals surface area contributed by atoms with Crippen molar-refractivity contribution in [1.82, 2.24) is 9.88 Å². The van der Waals surface area contributed by atoms with Gasteiger partial charge in [-0.2, -0.15) is 0 Å². The second-order valence-corrected chi connectivity index (χ2v) is 4.63. The average molecular weight is 265 g/mol. The molecule has 0 spiro atoms. The van der Waals surface area contributed by atoms with Gasteiger partial charge in [-0.3, -0.25) is 4.79 Å². The Hall–Kier alpha value is -1.62. The van der Waals surface area contributed by atoms with Crippen LogP contribution in [-0.4, -0.2) is 46.6 Å². The van der Waals surface area contributed by atoms with Crippen LogP contribution in [0.3, 0.4) is 0 Å². The van der Waals surface area contributed by atoms with Gasteiger partial charge in [0.15, 0.2) is 0 Å². The van der Waals surface area contributed by atoms with E-state index in [4.69, 9.17) is 5.11 Å². The molecule has 0 aromatic carbocycles. The van der Waals surface area contributed by atoms with Crippen LogP contribution in [0.2, 0.25) is 0 Å². The first kappa shape index (κ1) is 15.4. The standard InChI is InChI=1S/C14H23N3O2/c1-4-15-13-7-6-12(10-16-13)14(19)17(11(2)3)8-5-9-18/h6-7,10-11,18H,4-5,8-9H2,1-3H3,(H,15,16). The number of carbonyl (C=O) groups excluding carboxylic acids is 1. The fourth-order valence-electron chi connectivity index (χ4n) is 1.81. The van der Waals surface area contributed by atoms with E-state index >= 15 is 0 Å². The minimum Gasteiger partial charge on any atom is -0.396 e. The van der Waals surface area contributed by atoms with Crippen LogP contribution in [0.15, 0.2) is 18.3 Å². The van der Waals surface area contributed by atoms with Crippen molar-refractivity contribution in [2.75, 3.05) is 25.0 Å². The maximum absolute atomic E-state index is 12.3. The summed E-state index contributed by atoms with van der Waals surface area (Å²) in [6, 6.07) is 3.69. The van der Waals surface area contributed by atoms with Crippen molar-refractivity contribution in [3.8, 4) is 0 Å². The molecule has 0 radical (unpaired) electrons. The second kappa shape index (κ2) is 7.74. The highest BCUT2D eigenvalue weighted by Gasteiger charge is 2.18. The molecule has 0 aliphatic carbocycles. The van der Waals surface area contributed by atoms with Gasteiger partial charge < -0.3 is 15.3 Å². The number of aliphatic hydroxyl groups excluding tert-OH is 1. The summed E-state index contributed by atoms with van der Waals surface area (Å²) in [6.07, 6.45) is 2.18. The van der Waals surface area contributed by atoms with E-state index in [0.717, 1.165) is 12.4 Å². The maximum Gasteiger partial charge on any atom is 0.255 e. The number of anilines is 1. The molecule has 106 valence electrons. The second-order valence-electron chi connectivity index (χ2n) is 4.63. The molecule has 1 aromatic rings. The maximum atomic E-state index is 12.3. The molecule has 0 aliphatic rings. The number of pyridine rings is 1. The van der Waals surface area contributed by atoms with E-state index in [9.17, 15) is 4.79 Å². The lowest BCUT2D eigenvalue weighted by molar-refractivity contribution is 0.0693. The Balaban J connectivity index is 2.78. The van der Waals surface area contributed by atoms with E-state index in [-0.39, 0.29) is 18.6 Å². The van der Waals surface area contributed by atoms with Gasteiger partial charge in [0.25, 0.3) is 5.91 Å². The molecular weight excluding hydrogens is 242 g/mol. The van der Waals surface area contributed by atoms with Crippen molar-refractivity contribution in [2.45, 2.75) is 33.2 Å². The number of aliphatic hydroxyl groups is 1. The summed E-state index contributed by atoms with van der Waals surface area (Å²) < 4.78 is 0. The number of nitrogens with one attached hydrogen (secondary N) is 1. The molecule has 0 saturated heterocycles. The van der Waals surface area contributed by atoms with E-state index in [1.807, 2.05) is 20.8 Å². The monoisotopic (exact) mass is 265 g/mol. The minimum absolute atomic E-state index is 0.0426. The van der Waals surface area contributed by atoms with Crippen LogP contribution >= 0.6 is 0 Å². The summed E-state index contributed by atoms with van der Waals surface area (Å²) in [5.41, 5.74) is 0.577. The SMILES string of the molecule is CCNc1ccc(C(=O)N(CCCO)C(C)C)cn1. The van der Waals surface area contributed by atoms with E-state index < -0.39 is 0 Å². The molecule has 1 amide bonds. The highest BCUT2D eigenvalue weighted by atomic mass is 16.3. The molecule has 1 rings (SSSR count). The van der Waals surface area contributed by atoms with Crippen LogP contribution in [0.4, 0.5) is 5.82 Å². The number of aromatic nitrogens is 1. The van der Waals surface area contributed by atoms with Crippen LogP contribution in [-0.2, 0) is 0 Å². The van der Waals surface area contributed by atoms with Gasteiger partial charge in [-0.15, -0.1) is 0 Å². The van der Waals surface area contributed by atoms with Crippen molar-refractivity contribution >= 4 is 11.7 Å². The largest absolute Gasteiger partial charge is 0.396 e. The van der Waals surface area contributed by atoms with Crippen molar-refractivity contribution in [2.24, 2.45) is 0 Å². The quantitative estimate of drug-likeness (QED) is 0.788. The van der Waals surface area contributed by atoms with Crippen LogP contribution in [0.25, 0.3) is 0 Å². The van der Waals surface area contributed by atoms with Gasteiger partial charge in [-0.25, -0.2) is 4.98 Å². The lowest BCUT2D eigenvalue weighted by atomic mass is 10.2.